The number of alkyl halides is 3. The summed E-state index contributed by atoms with van der Waals surface area (Å²) in [6.07, 6.45) is -5.67. The van der Waals surface area contributed by atoms with E-state index in [1.807, 2.05) is 6.92 Å². The normalized spacial score (nSPS) is 21.3. The number of nitrogens with two attached hydrogens (primary N) is 1. The first kappa shape index (κ1) is 23.4. The van der Waals surface area contributed by atoms with E-state index in [-0.39, 0.29) is 49.4 Å². The van der Waals surface area contributed by atoms with Gasteiger partial charge in [-0.3, -0.25) is 4.79 Å². The maximum atomic E-state index is 13.8. The molecule has 2 aromatic rings. The fourth-order valence-electron chi connectivity index (χ4n) is 4.08. The van der Waals surface area contributed by atoms with Gasteiger partial charge in [0, 0.05) is 30.1 Å². The molecule has 12 heteroatoms. The highest BCUT2D eigenvalue weighted by Crippen LogP contribution is 2.44. The second kappa shape index (κ2) is 8.86. The molecule has 3 heterocycles. The fraction of sp³-hybridized carbons (Fsp3) is 0.476. The number of ether oxygens (including phenoxy) is 3. The Labute approximate surface area is 192 Å². The van der Waals surface area contributed by atoms with Crippen molar-refractivity contribution in [3.63, 3.8) is 0 Å². The molecule has 2 unspecified atom stereocenters. The fourth-order valence-corrected chi connectivity index (χ4v) is 4.42. The van der Waals surface area contributed by atoms with Crippen LogP contribution in [0.3, 0.4) is 0 Å². The lowest BCUT2D eigenvalue weighted by molar-refractivity contribution is -0.142. The lowest BCUT2D eigenvalue weighted by Gasteiger charge is -2.31. The molecule has 33 heavy (non-hydrogen) atoms. The number of methoxy groups -OCH3 is 1. The Bertz CT molecular complexity index is 1080. The van der Waals surface area contributed by atoms with Gasteiger partial charge in [0.05, 0.1) is 42.7 Å². The molecule has 4 rings (SSSR count). The summed E-state index contributed by atoms with van der Waals surface area (Å²) in [7, 11) is 1.39. The summed E-state index contributed by atoms with van der Waals surface area (Å²) in [6.45, 7) is 2.62. The number of anilines is 2. The van der Waals surface area contributed by atoms with Gasteiger partial charge in [-0.15, -0.1) is 0 Å². The molecule has 8 nitrogen and oxygen atoms in total. The molecule has 0 spiro atoms. The average Bonchev–Trinajstić information content (AvgIpc) is 2.91. The van der Waals surface area contributed by atoms with Crippen molar-refractivity contribution < 1.29 is 32.2 Å². The van der Waals surface area contributed by atoms with Crippen molar-refractivity contribution in [3.8, 4) is 6.01 Å². The predicted octanol–water partition coefficient (Wildman–Crippen LogP) is 3.55. The summed E-state index contributed by atoms with van der Waals surface area (Å²) in [5, 5.41) is -0.495. The standard InChI is InChI=1S/C21H22ClF3N4O4/c1-10-6-29(7-17(30)33-8-10)19-13-9-32-16(5-15(13)27-20(28-19)31-2)12-3-11(26)4-14(22)18(12)21(23,24)25/h3-4,10,16H,5-9,26H2,1-2H3. The number of hydrogen-bond donors (Lipinski definition) is 1. The summed E-state index contributed by atoms with van der Waals surface area (Å²) in [4.78, 5) is 22.6. The highest BCUT2D eigenvalue weighted by atomic mass is 35.5. The smallest absolute Gasteiger partial charge is 0.418 e. The van der Waals surface area contributed by atoms with Crippen molar-refractivity contribution in [1.29, 1.82) is 0 Å². The first-order valence-electron chi connectivity index (χ1n) is 10.2. The molecule has 1 fully saturated rings. The van der Waals surface area contributed by atoms with Crippen molar-refractivity contribution in [2.75, 3.05) is 37.4 Å². The van der Waals surface area contributed by atoms with Crippen LogP contribution in [0.2, 0.25) is 5.02 Å². The number of nitrogen functional groups attached to an aromatic ring is 1. The second-order valence-corrected chi connectivity index (χ2v) is 8.50. The van der Waals surface area contributed by atoms with Gasteiger partial charge in [-0.05, 0) is 17.7 Å². The lowest BCUT2D eigenvalue weighted by atomic mass is 9.94. The van der Waals surface area contributed by atoms with Crippen LogP contribution in [0.4, 0.5) is 24.7 Å². The van der Waals surface area contributed by atoms with Gasteiger partial charge in [-0.2, -0.15) is 23.1 Å². The molecule has 2 aliphatic rings. The summed E-state index contributed by atoms with van der Waals surface area (Å²) in [5.41, 5.74) is 5.76. The van der Waals surface area contributed by atoms with Gasteiger partial charge in [0.2, 0.25) is 0 Å². The highest BCUT2D eigenvalue weighted by Gasteiger charge is 2.40. The van der Waals surface area contributed by atoms with E-state index in [4.69, 9.17) is 31.5 Å². The van der Waals surface area contributed by atoms with Gasteiger partial charge in [-0.1, -0.05) is 18.5 Å². The number of aromatic nitrogens is 2. The molecular formula is C21H22ClF3N4O4. The van der Waals surface area contributed by atoms with Crippen molar-refractivity contribution in [1.82, 2.24) is 9.97 Å². The molecule has 0 bridgehead atoms. The van der Waals surface area contributed by atoms with Gasteiger partial charge < -0.3 is 24.8 Å². The van der Waals surface area contributed by atoms with E-state index < -0.39 is 28.8 Å². The second-order valence-electron chi connectivity index (χ2n) is 8.10. The van der Waals surface area contributed by atoms with Crippen LogP contribution in [0.25, 0.3) is 0 Å². The molecular weight excluding hydrogens is 465 g/mol. The van der Waals surface area contributed by atoms with Gasteiger partial charge in [0.1, 0.15) is 12.4 Å². The highest BCUT2D eigenvalue weighted by molar-refractivity contribution is 6.31. The number of carbonyl (C=O) groups excluding carboxylic acids is 1. The zero-order valence-electron chi connectivity index (χ0n) is 17.9. The minimum Gasteiger partial charge on any atom is -0.467 e. The van der Waals surface area contributed by atoms with Crippen LogP contribution in [-0.4, -0.2) is 42.7 Å². The number of benzene rings is 1. The SMILES string of the molecule is COc1nc2c(c(N3CC(=O)OCC(C)C3)n1)COC(c1cc(N)cc(Cl)c1C(F)(F)F)C2. The van der Waals surface area contributed by atoms with Gasteiger partial charge >= 0.3 is 18.2 Å². The van der Waals surface area contributed by atoms with E-state index in [0.717, 1.165) is 6.07 Å². The molecule has 178 valence electrons. The molecule has 0 amide bonds. The molecule has 2 atom stereocenters. The van der Waals surface area contributed by atoms with Crippen LogP contribution in [0.5, 0.6) is 6.01 Å². The van der Waals surface area contributed by atoms with Crippen molar-refractivity contribution in [3.05, 3.63) is 39.5 Å². The maximum absolute atomic E-state index is 13.8. The Morgan fingerprint density at radius 1 is 1.30 bits per heavy atom. The lowest BCUT2D eigenvalue weighted by Crippen LogP contribution is -2.34. The summed E-state index contributed by atoms with van der Waals surface area (Å²) < 4.78 is 57.5. The largest absolute Gasteiger partial charge is 0.467 e. The number of esters is 1. The summed E-state index contributed by atoms with van der Waals surface area (Å²) in [5.74, 6) is 0.0845. The quantitative estimate of drug-likeness (QED) is 0.519. The van der Waals surface area contributed by atoms with E-state index in [2.05, 4.69) is 9.97 Å². The monoisotopic (exact) mass is 486 g/mol. The Morgan fingerprint density at radius 2 is 2.06 bits per heavy atom. The van der Waals surface area contributed by atoms with E-state index >= 15 is 0 Å². The number of fused-ring (bicyclic) bond motifs is 1. The van der Waals surface area contributed by atoms with E-state index in [9.17, 15) is 18.0 Å². The molecule has 1 aromatic carbocycles. The predicted molar refractivity (Wildman–Crippen MR) is 113 cm³/mol. The third kappa shape index (κ3) is 4.79. The van der Waals surface area contributed by atoms with E-state index in [1.54, 1.807) is 4.90 Å². The summed E-state index contributed by atoms with van der Waals surface area (Å²) >= 11 is 5.90. The Hall–Kier alpha value is -2.79. The average molecular weight is 487 g/mol. The maximum Gasteiger partial charge on any atom is 0.418 e. The number of cyclic esters (lactones) is 1. The van der Waals surface area contributed by atoms with Crippen molar-refractivity contribution >= 4 is 29.1 Å². The third-order valence-corrected chi connectivity index (χ3v) is 5.79. The number of halogens is 4. The van der Waals surface area contributed by atoms with E-state index in [1.165, 1.54) is 13.2 Å². The number of carbonyl (C=O) groups is 1. The zero-order valence-corrected chi connectivity index (χ0v) is 18.7. The van der Waals surface area contributed by atoms with Crippen LogP contribution in [0.15, 0.2) is 12.1 Å². The van der Waals surface area contributed by atoms with Crippen LogP contribution in [0.1, 0.15) is 35.4 Å². The Kier molecular flexibility index (Phi) is 6.28. The van der Waals surface area contributed by atoms with Gasteiger partial charge in [0.15, 0.2) is 0 Å². The topological polar surface area (TPSA) is 99.8 Å². The van der Waals surface area contributed by atoms with Crippen molar-refractivity contribution in [2.24, 2.45) is 5.92 Å². The molecule has 1 saturated heterocycles. The molecule has 0 saturated carbocycles. The van der Waals surface area contributed by atoms with Crippen LogP contribution < -0.4 is 15.4 Å². The van der Waals surface area contributed by atoms with Crippen LogP contribution in [-0.2, 0) is 33.5 Å². The molecule has 2 aliphatic heterocycles. The Balaban J connectivity index is 1.75. The van der Waals surface area contributed by atoms with E-state index in [0.29, 0.717) is 23.6 Å². The summed E-state index contributed by atoms with van der Waals surface area (Å²) in [6, 6.07) is 2.32. The van der Waals surface area contributed by atoms with Gasteiger partial charge in [-0.25, -0.2) is 0 Å². The number of rotatable bonds is 3. The van der Waals surface area contributed by atoms with Crippen LogP contribution >= 0.6 is 11.6 Å². The minimum absolute atomic E-state index is 0.0118. The molecule has 2 N–H and O–H groups in total. The molecule has 0 aliphatic carbocycles. The third-order valence-electron chi connectivity index (χ3n) is 5.49. The van der Waals surface area contributed by atoms with Crippen molar-refractivity contribution in [2.45, 2.75) is 32.2 Å². The number of hydrogen-bond acceptors (Lipinski definition) is 8. The first-order chi connectivity index (χ1) is 15.6. The molecule has 1 aromatic heterocycles. The Morgan fingerprint density at radius 3 is 2.76 bits per heavy atom. The molecule has 0 radical (unpaired) electrons. The minimum atomic E-state index is -4.69. The van der Waals surface area contributed by atoms with Gasteiger partial charge in [0.25, 0.3) is 0 Å². The first-order valence-corrected chi connectivity index (χ1v) is 10.6. The van der Waals surface area contributed by atoms with Crippen LogP contribution in [0, 0.1) is 5.92 Å². The number of nitrogens with zero attached hydrogens (tertiary/aromatic N) is 3. The zero-order chi connectivity index (χ0) is 23.9.